The highest BCUT2D eigenvalue weighted by atomic mass is 79.9. The van der Waals surface area contributed by atoms with E-state index in [0.29, 0.717) is 6.54 Å². The third-order valence-electron chi connectivity index (χ3n) is 1.92. The lowest BCUT2D eigenvalue weighted by molar-refractivity contribution is -0.131. The van der Waals surface area contributed by atoms with Gasteiger partial charge in [-0.1, -0.05) is 15.9 Å². The zero-order chi connectivity index (χ0) is 13.0. The van der Waals surface area contributed by atoms with Crippen molar-refractivity contribution in [3.63, 3.8) is 0 Å². The fraction of sp³-hybridized carbons (Fsp3) is 0.182. The first-order valence-electron chi connectivity index (χ1n) is 4.68. The van der Waals surface area contributed by atoms with Gasteiger partial charge in [0.15, 0.2) is 0 Å². The van der Waals surface area contributed by atoms with Gasteiger partial charge in [-0.05, 0) is 56.5 Å². The van der Waals surface area contributed by atoms with Crippen LogP contribution in [-0.2, 0) is 4.79 Å². The monoisotopic (exact) mass is 425 g/mol. The number of halogens is 3. The topological polar surface area (TPSA) is 49.3 Å². The predicted molar refractivity (Wildman–Crippen MR) is 79.4 cm³/mol. The van der Waals surface area contributed by atoms with Crippen molar-refractivity contribution in [2.45, 2.75) is 6.92 Å². The van der Waals surface area contributed by atoms with Crippen LogP contribution in [0.25, 0.3) is 0 Å². The highest BCUT2D eigenvalue weighted by Gasteiger charge is 2.06. The van der Waals surface area contributed by atoms with Crippen LogP contribution < -0.4 is 5.32 Å². The molecule has 0 amide bonds. The Bertz CT molecular complexity index is 449. The van der Waals surface area contributed by atoms with E-state index in [2.05, 4.69) is 53.1 Å². The van der Waals surface area contributed by atoms with Gasteiger partial charge >= 0.3 is 5.97 Å². The Balaban J connectivity index is 2.80. The number of carbonyl (C=O) groups is 1. The Morgan fingerprint density at radius 1 is 1.35 bits per heavy atom. The summed E-state index contributed by atoms with van der Waals surface area (Å²) in [5.41, 5.74) is 1.64. The first-order chi connectivity index (χ1) is 7.90. The summed E-state index contributed by atoms with van der Waals surface area (Å²) >= 11 is 10.3. The Morgan fingerprint density at radius 2 is 1.88 bits per heavy atom. The molecule has 0 aliphatic rings. The molecule has 92 valence electrons. The van der Waals surface area contributed by atoms with Gasteiger partial charge in [0.2, 0.25) is 0 Å². The van der Waals surface area contributed by atoms with Gasteiger partial charge in [-0.25, -0.2) is 4.79 Å². The third kappa shape index (κ3) is 4.81. The Labute approximate surface area is 125 Å². The maximum atomic E-state index is 10.5. The lowest BCUT2D eigenvalue weighted by Crippen LogP contribution is -2.05. The normalized spacial score (nSPS) is 11.4. The molecule has 0 saturated carbocycles. The molecule has 0 fully saturated rings. The van der Waals surface area contributed by atoms with Gasteiger partial charge in [0.25, 0.3) is 0 Å². The van der Waals surface area contributed by atoms with Crippen LogP contribution in [0.3, 0.4) is 0 Å². The van der Waals surface area contributed by atoms with Crippen molar-refractivity contribution in [3.8, 4) is 0 Å². The van der Waals surface area contributed by atoms with Gasteiger partial charge in [-0.2, -0.15) is 0 Å². The zero-order valence-corrected chi connectivity index (χ0v) is 13.7. The summed E-state index contributed by atoms with van der Waals surface area (Å²) < 4.78 is 2.77. The second kappa shape index (κ2) is 6.56. The van der Waals surface area contributed by atoms with E-state index < -0.39 is 5.97 Å². The third-order valence-corrected chi connectivity index (χ3v) is 3.63. The first kappa shape index (κ1) is 14.7. The van der Waals surface area contributed by atoms with Crippen molar-refractivity contribution in [1.29, 1.82) is 0 Å². The number of anilines is 1. The maximum absolute atomic E-state index is 10.5. The molecule has 0 radical (unpaired) electrons. The van der Waals surface area contributed by atoms with E-state index in [1.54, 1.807) is 6.92 Å². The van der Waals surface area contributed by atoms with Crippen LogP contribution in [0.15, 0.2) is 37.2 Å². The number of nitrogens with one attached hydrogen (secondary N) is 1. The van der Waals surface area contributed by atoms with Gasteiger partial charge in [-0.15, -0.1) is 0 Å². The quantitative estimate of drug-likeness (QED) is 0.699. The van der Waals surface area contributed by atoms with E-state index in [9.17, 15) is 4.79 Å². The molecule has 0 aliphatic carbocycles. The summed E-state index contributed by atoms with van der Waals surface area (Å²) in [5, 5.41) is 11.8. The minimum atomic E-state index is -0.932. The molecule has 0 aliphatic heterocycles. The molecule has 2 N–H and O–H groups in total. The van der Waals surface area contributed by atoms with Crippen LogP contribution in [0.4, 0.5) is 5.69 Å². The smallest absolute Gasteiger partial charge is 0.328 e. The predicted octanol–water partition coefficient (Wildman–Crippen LogP) is 4.42. The standard InChI is InChI=1S/C11H10Br3NO2/c1-6(2-10(16)17)5-15-11-8(13)3-7(12)4-9(11)14/h2-4,15H,5H2,1H3,(H,16,17). The van der Waals surface area contributed by atoms with Crippen molar-refractivity contribution in [3.05, 3.63) is 37.2 Å². The molecule has 17 heavy (non-hydrogen) atoms. The largest absolute Gasteiger partial charge is 0.478 e. The molecule has 6 heteroatoms. The molecular weight excluding hydrogens is 418 g/mol. The Morgan fingerprint density at radius 3 is 2.35 bits per heavy atom. The molecule has 1 rings (SSSR count). The Kier molecular flexibility index (Phi) is 5.69. The summed E-state index contributed by atoms with van der Waals surface area (Å²) in [7, 11) is 0. The highest BCUT2D eigenvalue weighted by Crippen LogP contribution is 2.34. The molecule has 3 nitrogen and oxygen atoms in total. The average molecular weight is 428 g/mol. The number of aliphatic carboxylic acids is 1. The highest BCUT2D eigenvalue weighted by molar-refractivity contribution is 9.11. The van der Waals surface area contributed by atoms with Crippen LogP contribution >= 0.6 is 47.8 Å². The summed E-state index contributed by atoms with van der Waals surface area (Å²) in [4.78, 5) is 10.5. The fourth-order valence-electron chi connectivity index (χ4n) is 1.20. The number of rotatable bonds is 4. The molecule has 1 aromatic rings. The van der Waals surface area contributed by atoms with Crippen molar-refractivity contribution >= 4 is 59.4 Å². The van der Waals surface area contributed by atoms with Crippen molar-refractivity contribution in [1.82, 2.24) is 0 Å². The average Bonchev–Trinajstić information content (AvgIpc) is 2.14. The fourth-order valence-corrected chi connectivity index (χ4v) is 3.74. The van der Waals surface area contributed by atoms with Crippen molar-refractivity contribution in [2.75, 3.05) is 11.9 Å². The minimum Gasteiger partial charge on any atom is -0.478 e. The number of hydrogen-bond donors (Lipinski definition) is 2. The lowest BCUT2D eigenvalue weighted by Gasteiger charge is -2.11. The lowest BCUT2D eigenvalue weighted by atomic mass is 10.2. The number of hydrogen-bond acceptors (Lipinski definition) is 2. The maximum Gasteiger partial charge on any atom is 0.328 e. The molecule has 0 bridgehead atoms. The summed E-state index contributed by atoms with van der Waals surface area (Å²) in [6.07, 6.45) is 1.19. The van der Waals surface area contributed by atoms with E-state index in [1.807, 2.05) is 12.1 Å². The van der Waals surface area contributed by atoms with Crippen LogP contribution in [0.5, 0.6) is 0 Å². The summed E-state index contributed by atoms with van der Waals surface area (Å²) in [5.74, 6) is -0.932. The number of carboxylic acid groups (broad SMARTS) is 1. The number of carboxylic acids is 1. The van der Waals surface area contributed by atoms with Gasteiger partial charge in [0.1, 0.15) is 0 Å². The minimum absolute atomic E-state index is 0.477. The molecule has 0 saturated heterocycles. The van der Waals surface area contributed by atoms with Crippen LogP contribution in [-0.4, -0.2) is 17.6 Å². The van der Waals surface area contributed by atoms with Gasteiger partial charge in [-0.3, -0.25) is 0 Å². The van der Waals surface area contributed by atoms with Crippen LogP contribution in [0.2, 0.25) is 0 Å². The van der Waals surface area contributed by atoms with E-state index in [-0.39, 0.29) is 0 Å². The van der Waals surface area contributed by atoms with E-state index >= 15 is 0 Å². The number of benzene rings is 1. The molecule has 0 heterocycles. The van der Waals surface area contributed by atoms with E-state index in [1.165, 1.54) is 6.08 Å². The van der Waals surface area contributed by atoms with Crippen molar-refractivity contribution in [2.24, 2.45) is 0 Å². The second-order valence-electron chi connectivity index (χ2n) is 3.43. The van der Waals surface area contributed by atoms with Crippen LogP contribution in [0, 0.1) is 0 Å². The van der Waals surface area contributed by atoms with Crippen LogP contribution in [0.1, 0.15) is 6.92 Å². The van der Waals surface area contributed by atoms with Gasteiger partial charge < -0.3 is 10.4 Å². The second-order valence-corrected chi connectivity index (χ2v) is 6.05. The van der Waals surface area contributed by atoms with Gasteiger partial charge in [0.05, 0.1) is 5.69 Å². The molecular formula is C11H10Br3NO2. The SMILES string of the molecule is CC(=CC(=O)O)CNc1c(Br)cc(Br)cc1Br. The van der Waals surface area contributed by atoms with Gasteiger partial charge in [0, 0.05) is 26.0 Å². The molecule has 0 spiro atoms. The zero-order valence-electron chi connectivity index (χ0n) is 8.93. The van der Waals surface area contributed by atoms with E-state index in [0.717, 1.165) is 24.7 Å². The summed E-state index contributed by atoms with van der Waals surface area (Å²) in [6, 6.07) is 3.84. The van der Waals surface area contributed by atoms with Crippen molar-refractivity contribution < 1.29 is 9.90 Å². The Hall–Kier alpha value is -0.330. The molecule has 1 aromatic carbocycles. The van der Waals surface area contributed by atoms with E-state index in [4.69, 9.17) is 5.11 Å². The summed E-state index contributed by atoms with van der Waals surface area (Å²) in [6.45, 7) is 2.24. The molecule has 0 unspecified atom stereocenters. The first-order valence-corrected chi connectivity index (χ1v) is 7.06. The molecule has 0 atom stereocenters. The molecule has 0 aromatic heterocycles.